The summed E-state index contributed by atoms with van der Waals surface area (Å²) in [6.07, 6.45) is 6.33. The van der Waals surface area contributed by atoms with Crippen LogP contribution in [0.2, 0.25) is 0 Å². The van der Waals surface area contributed by atoms with Crippen molar-refractivity contribution in [2.45, 2.75) is 82.5 Å². The number of nitrogens with zero attached hydrogens (tertiary/aromatic N) is 4. The summed E-state index contributed by atoms with van der Waals surface area (Å²) >= 11 is 0. The molecule has 1 fully saturated rings. The predicted molar refractivity (Wildman–Crippen MR) is 197 cm³/mol. The molecule has 10 nitrogen and oxygen atoms in total. The second-order valence-electron chi connectivity index (χ2n) is 14.6. The second-order valence-corrected chi connectivity index (χ2v) is 14.6. The first-order valence-corrected chi connectivity index (χ1v) is 17.3. The molecule has 1 N–H and O–H groups in total. The van der Waals surface area contributed by atoms with E-state index in [1.54, 1.807) is 46.3 Å². The maximum Gasteiger partial charge on any atom is 0.408 e. The highest BCUT2D eigenvalue weighted by atomic mass is 16.6. The van der Waals surface area contributed by atoms with E-state index in [4.69, 9.17) is 4.74 Å². The van der Waals surface area contributed by atoms with Crippen LogP contribution >= 0.6 is 0 Å². The summed E-state index contributed by atoms with van der Waals surface area (Å²) in [5, 5.41) is 8.30. The van der Waals surface area contributed by atoms with Crippen molar-refractivity contribution in [3.63, 3.8) is 0 Å². The van der Waals surface area contributed by atoms with E-state index in [0.29, 0.717) is 12.8 Å². The summed E-state index contributed by atoms with van der Waals surface area (Å²) in [5.74, 6) is -0.928. The van der Waals surface area contributed by atoms with Crippen molar-refractivity contribution >= 4 is 34.6 Å². The Hall–Kier alpha value is -4.70. The Kier molecular flexibility index (Phi) is 12.5. The minimum atomic E-state index is -0.897. The molecule has 4 rings (SSSR count). The summed E-state index contributed by atoms with van der Waals surface area (Å²) in [7, 11) is 8.50. The number of benzene rings is 3. The van der Waals surface area contributed by atoms with Gasteiger partial charge < -0.3 is 19.9 Å². The summed E-state index contributed by atoms with van der Waals surface area (Å²) < 4.78 is 5.48. The number of carbonyl (C=O) groups excluding carboxylic acids is 4. The maximum atomic E-state index is 14.6. The van der Waals surface area contributed by atoms with Crippen molar-refractivity contribution in [2.75, 3.05) is 35.2 Å². The highest BCUT2D eigenvalue weighted by Crippen LogP contribution is 2.35. The Bertz CT molecular complexity index is 1680. The molecular formula is C40H53N5O5. The molecule has 0 aliphatic heterocycles. The number of fused-ring (bicyclic) bond motifs is 1. The number of amides is 4. The predicted octanol–water partition coefficient (Wildman–Crippen LogP) is 5.61. The first-order valence-electron chi connectivity index (χ1n) is 17.3. The molecule has 0 bridgehead atoms. The van der Waals surface area contributed by atoms with Gasteiger partial charge in [0, 0.05) is 53.6 Å². The Balaban J connectivity index is 1.60. The van der Waals surface area contributed by atoms with Gasteiger partial charge >= 0.3 is 6.09 Å². The molecule has 0 unspecified atom stereocenters. The largest absolute Gasteiger partial charge is 0.444 e. The number of hydrogen-bond acceptors (Lipinski definition) is 6. The molecule has 0 aromatic heterocycles. The first kappa shape index (κ1) is 38.1. The Labute approximate surface area is 297 Å². The number of hydrogen-bond donors (Lipinski definition) is 1. The van der Waals surface area contributed by atoms with Crippen LogP contribution in [0.5, 0.6) is 0 Å². The van der Waals surface area contributed by atoms with Crippen LogP contribution in [-0.4, -0.2) is 102 Å². The van der Waals surface area contributed by atoms with Gasteiger partial charge in [-0.3, -0.25) is 19.4 Å². The Morgan fingerprint density at radius 3 is 1.98 bits per heavy atom. The highest BCUT2D eigenvalue weighted by Gasteiger charge is 2.39. The lowest BCUT2D eigenvalue weighted by Gasteiger charge is -2.42. The van der Waals surface area contributed by atoms with Gasteiger partial charge in [0.05, 0.1) is 0 Å². The molecule has 1 aliphatic carbocycles. The zero-order valence-electron chi connectivity index (χ0n) is 30.8. The van der Waals surface area contributed by atoms with Crippen LogP contribution in [-0.2, 0) is 32.0 Å². The number of carbonyl (C=O) groups is 4. The lowest BCUT2D eigenvalue weighted by atomic mass is 9.74. The minimum Gasteiger partial charge on any atom is -0.444 e. The molecule has 268 valence electrons. The lowest BCUT2D eigenvalue weighted by molar-refractivity contribution is -0.154. The smallest absolute Gasteiger partial charge is 0.408 e. The van der Waals surface area contributed by atoms with Crippen LogP contribution in [0.15, 0.2) is 84.9 Å². The van der Waals surface area contributed by atoms with Crippen LogP contribution in [0.4, 0.5) is 4.79 Å². The third-order valence-electron chi connectivity index (χ3n) is 9.48. The highest BCUT2D eigenvalue weighted by molar-refractivity contribution is 5.95. The quantitative estimate of drug-likeness (QED) is 0.186. The molecule has 0 spiro atoms. The van der Waals surface area contributed by atoms with Crippen LogP contribution in [0.1, 0.15) is 57.6 Å². The molecular weight excluding hydrogens is 630 g/mol. The standard InChI is InChI=1S/C40H53N5O5/c1-39(2,3)50-38(49)41-40(24-15-25-40)23-14-20-35(46)43(6)33(28-30-21-22-31-18-12-13-19-32(31)26-30)36(47)44(7)34(37(48)45(8)42(4)5)27-29-16-10-9-11-17-29/h9-14,16-22,26,33-34H,15,23-25,27-28H2,1-8H3,(H,41,49)/t33-,34-/m1/s1. The number of ether oxygens (including phenoxy) is 1. The monoisotopic (exact) mass is 683 g/mol. The van der Waals surface area contributed by atoms with E-state index in [-0.39, 0.29) is 24.1 Å². The van der Waals surface area contributed by atoms with Crippen molar-refractivity contribution in [1.82, 2.24) is 25.1 Å². The van der Waals surface area contributed by atoms with Crippen LogP contribution in [0.3, 0.4) is 0 Å². The van der Waals surface area contributed by atoms with Gasteiger partial charge in [-0.25, -0.2) is 9.80 Å². The van der Waals surface area contributed by atoms with Crippen LogP contribution in [0, 0.1) is 0 Å². The Morgan fingerprint density at radius 2 is 1.38 bits per heavy atom. The van der Waals surface area contributed by atoms with Crippen molar-refractivity contribution in [2.24, 2.45) is 0 Å². The molecule has 4 amide bonds. The van der Waals surface area contributed by atoms with Crippen molar-refractivity contribution < 1.29 is 23.9 Å². The van der Waals surface area contributed by atoms with Crippen molar-refractivity contribution in [3.05, 3.63) is 96.1 Å². The van der Waals surface area contributed by atoms with Gasteiger partial charge in [-0.15, -0.1) is 0 Å². The van der Waals surface area contributed by atoms with E-state index in [1.165, 1.54) is 20.9 Å². The van der Waals surface area contributed by atoms with Gasteiger partial charge in [0.15, 0.2) is 0 Å². The van der Waals surface area contributed by atoms with E-state index in [1.807, 2.05) is 93.6 Å². The number of nitrogens with one attached hydrogen (secondary N) is 1. The number of rotatable bonds is 13. The van der Waals surface area contributed by atoms with E-state index in [2.05, 4.69) is 5.32 Å². The maximum absolute atomic E-state index is 14.6. The zero-order valence-corrected chi connectivity index (χ0v) is 30.8. The van der Waals surface area contributed by atoms with Gasteiger partial charge in [-0.1, -0.05) is 78.9 Å². The molecule has 0 heterocycles. The fourth-order valence-electron chi connectivity index (χ4n) is 6.17. The van der Waals surface area contributed by atoms with E-state index in [0.717, 1.165) is 41.2 Å². The van der Waals surface area contributed by atoms with E-state index < -0.39 is 29.3 Å². The molecule has 3 aromatic rings. The zero-order chi connectivity index (χ0) is 36.6. The van der Waals surface area contributed by atoms with E-state index >= 15 is 0 Å². The SMILES string of the molecule is CN(C(=O)C=CCC1(NC(=O)OC(C)(C)C)CCC1)[C@H](Cc1ccc2ccccc2c1)C(=O)N(C)[C@H](Cc1ccccc1)C(=O)N(C)N(C)C. The molecule has 2 atom stereocenters. The molecule has 0 saturated heterocycles. The van der Waals surface area contributed by atoms with Crippen molar-refractivity contribution in [1.29, 1.82) is 0 Å². The molecule has 10 heteroatoms. The van der Waals surface area contributed by atoms with Gasteiger partial charge in [0.2, 0.25) is 11.8 Å². The summed E-state index contributed by atoms with van der Waals surface area (Å²) in [4.78, 5) is 57.7. The molecule has 1 aliphatic rings. The fraction of sp³-hybridized carbons (Fsp3) is 0.450. The van der Waals surface area contributed by atoms with Crippen molar-refractivity contribution in [3.8, 4) is 0 Å². The average molecular weight is 684 g/mol. The minimum absolute atomic E-state index is 0.240. The summed E-state index contributed by atoms with van der Waals surface area (Å²) in [6, 6.07) is 21.9. The van der Waals surface area contributed by atoms with Gasteiger partial charge in [0.25, 0.3) is 5.91 Å². The van der Waals surface area contributed by atoms with Crippen LogP contribution in [0.25, 0.3) is 10.8 Å². The third-order valence-corrected chi connectivity index (χ3v) is 9.48. The van der Waals surface area contributed by atoms with Gasteiger partial charge in [-0.2, -0.15) is 0 Å². The third kappa shape index (κ3) is 9.94. The summed E-state index contributed by atoms with van der Waals surface area (Å²) in [6.45, 7) is 5.46. The summed E-state index contributed by atoms with van der Waals surface area (Å²) in [5.41, 5.74) is 0.726. The fourth-order valence-corrected chi connectivity index (χ4v) is 6.17. The molecule has 50 heavy (non-hydrogen) atoms. The molecule has 1 saturated carbocycles. The second kappa shape index (κ2) is 16.3. The average Bonchev–Trinajstić information content (AvgIpc) is 3.06. The van der Waals surface area contributed by atoms with Gasteiger partial charge in [0.1, 0.15) is 17.7 Å². The first-order chi connectivity index (χ1) is 23.6. The topological polar surface area (TPSA) is 102 Å². The molecule has 3 aromatic carbocycles. The number of likely N-dealkylation sites (N-methyl/N-ethyl adjacent to an activating group) is 3. The Morgan fingerprint density at radius 1 is 0.780 bits per heavy atom. The number of alkyl carbamates (subject to hydrolysis) is 1. The van der Waals surface area contributed by atoms with E-state index in [9.17, 15) is 19.2 Å². The molecule has 0 radical (unpaired) electrons. The lowest BCUT2D eigenvalue weighted by Crippen LogP contribution is -2.57. The van der Waals surface area contributed by atoms with Crippen LogP contribution < -0.4 is 5.32 Å². The number of hydrazine groups is 1. The normalized spacial score (nSPS) is 15.2. The van der Waals surface area contributed by atoms with Gasteiger partial charge in [-0.05, 0) is 74.4 Å².